The lowest BCUT2D eigenvalue weighted by atomic mass is 9.95. The summed E-state index contributed by atoms with van der Waals surface area (Å²) in [6, 6.07) is -0.283. The van der Waals surface area contributed by atoms with Crippen LogP contribution in [0.5, 0.6) is 0 Å². The molecule has 2 unspecified atom stereocenters. The zero-order chi connectivity index (χ0) is 16.1. The predicted molar refractivity (Wildman–Crippen MR) is 79.0 cm³/mol. The van der Waals surface area contributed by atoms with Crippen molar-refractivity contribution < 1.29 is 23.8 Å². The van der Waals surface area contributed by atoms with Gasteiger partial charge in [-0.25, -0.2) is 19.6 Å². The maximum Gasteiger partial charge on any atom is 0.429 e. The summed E-state index contributed by atoms with van der Waals surface area (Å²) in [4.78, 5) is 24.4. The molecule has 1 fully saturated rings. The first-order chi connectivity index (χ1) is 10.6. The average molecular weight is 310 g/mol. The van der Waals surface area contributed by atoms with E-state index in [1.165, 1.54) is 10.0 Å². The highest BCUT2D eigenvalue weighted by molar-refractivity contribution is 5.75. The van der Waals surface area contributed by atoms with Crippen LogP contribution in [0.3, 0.4) is 0 Å². The number of fused-ring (bicyclic) bond motifs is 1. The fourth-order valence-electron chi connectivity index (χ4n) is 2.59. The van der Waals surface area contributed by atoms with Crippen molar-refractivity contribution in [2.75, 3.05) is 26.4 Å². The molecule has 1 saturated heterocycles. The molecule has 7 heteroatoms. The van der Waals surface area contributed by atoms with Crippen molar-refractivity contribution in [1.29, 1.82) is 0 Å². The molecule has 0 aromatic heterocycles. The molecule has 22 heavy (non-hydrogen) atoms. The Morgan fingerprint density at radius 3 is 2.68 bits per heavy atom. The number of carbonyl (C=O) groups excluding carboxylic acids is 2. The molecular formula is C15H22N2O5. The number of ether oxygens (including phenoxy) is 3. The van der Waals surface area contributed by atoms with Gasteiger partial charge in [0.2, 0.25) is 0 Å². The van der Waals surface area contributed by atoms with Crippen molar-refractivity contribution in [2.45, 2.75) is 32.4 Å². The van der Waals surface area contributed by atoms with Crippen molar-refractivity contribution in [3.05, 3.63) is 24.3 Å². The molecule has 0 spiro atoms. The van der Waals surface area contributed by atoms with E-state index in [1.807, 2.05) is 6.08 Å². The summed E-state index contributed by atoms with van der Waals surface area (Å²) in [5.74, 6) is 0. The van der Waals surface area contributed by atoms with Crippen molar-refractivity contribution in [3.63, 3.8) is 0 Å². The maximum absolute atomic E-state index is 12.3. The third kappa shape index (κ3) is 3.24. The Hall–Kier alpha value is -2.02. The van der Waals surface area contributed by atoms with Crippen molar-refractivity contribution in [3.8, 4) is 0 Å². The molecule has 2 rings (SSSR count). The molecule has 2 atom stereocenters. The first kappa shape index (κ1) is 16.4. The van der Waals surface area contributed by atoms with Crippen LogP contribution < -0.4 is 0 Å². The minimum absolute atomic E-state index is 0.166. The molecule has 2 aliphatic heterocycles. The van der Waals surface area contributed by atoms with Gasteiger partial charge >= 0.3 is 12.2 Å². The standard InChI is InChI=1S/C15H22N2O5/c1-4-12-9-13-11(10-22-12)7-8-16(14(18)20-5-2)17(13)15(19)21-6-3/h4,7,12-13H,1,5-6,8-10H2,2-3H3. The van der Waals surface area contributed by atoms with Crippen molar-refractivity contribution >= 4 is 12.2 Å². The lowest BCUT2D eigenvalue weighted by Gasteiger charge is -2.45. The number of hydrogen-bond acceptors (Lipinski definition) is 5. The Kier molecular flexibility index (Phi) is 5.43. The molecule has 122 valence electrons. The molecule has 0 radical (unpaired) electrons. The zero-order valence-electron chi connectivity index (χ0n) is 13.0. The second-order valence-electron chi connectivity index (χ2n) is 4.94. The molecular weight excluding hydrogens is 288 g/mol. The topological polar surface area (TPSA) is 68.3 Å². The number of nitrogens with zero attached hydrogens (tertiary/aromatic N) is 2. The summed E-state index contributed by atoms with van der Waals surface area (Å²) in [6.45, 7) is 8.32. The quantitative estimate of drug-likeness (QED) is 0.747. The van der Waals surface area contributed by atoms with Gasteiger partial charge in [0.25, 0.3) is 0 Å². The summed E-state index contributed by atoms with van der Waals surface area (Å²) in [5.41, 5.74) is 0.965. The maximum atomic E-state index is 12.3. The van der Waals surface area contributed by atoms with Crippen LogP contribution in [-0.2, 0) is 14.2 Å². The van der Waals surface area contributed by atoms with Gasteiger partial charge in [0, 0.05) is 6.42 Å². The van der Waals surface area contributed by atoms with E-state index < -0.39 is 12.2 Å². The largest absolute Gasteiger partial charge is 0.448 e. The van der Waals surface area contributed by atoms with Gasteiger partial charge in [0.15, 0.2) is 0 Å². The van der Waals surface area contributed by atoms with Crippen LogP contribution in [0.1, 0.15) is 20.3 Å². The molecule has 2 aliphatic rings. The van der Waals surface area contributed by atoms with E-state index in [0.717, 1.165) is 5.57 Å². The third-order valence-corrected chi connectivity index (χ3v) is 3.63. The van der Waals surface area contributed by atoms with E-state index in [2.05, 4.69) is 6.58 Å². The zero-order valence-corrected chi connectivity index (χ0v) is 13.0. The second kappa shape index (κ2) is 7.31. The number of hydrogen-bond donors (Lipinski definition) is 0. The Morgan fingerprint density at radius 1 is 1.36 bits per heavy atom. The first-order valence-electron chi connectivity index (χ1n) is 7.45. The molecule has 0 N–H and O–H groups in total. The van der Waals surface area contributed by atoms with Gasteiger partial charge in [-0.3, -0.25) is 0 Å². The van der Waals surface area contributed by atoms with Gasteiger partial charge in [-0.15, -0.1) is 6.58 Å². The average Bonchev–Trinajstić information content (AvgIpc) is 2.53. The second-order valence-corrected chi connectivity index (χ2v) is 4.94. The lowest BCUT2D eigenvalue weighted by Crippen LogP contribution is -2.60. The van der Waals surface area contributed by atoms with E-state index in [1.54, 1.807) is 19.9 Å². The summed E-state index contributed by atoms with van der Waals surface area (Å²) in [5, 5.41) is 2.62. The number of carbonyl (C=O) groups is 2. The Bertz CT molecular complexity index is 477. The van der Waals surface area contributed by atoms with Gasteiger partial charge in [-0.05, 0) is 19.4 Å². The number of hydrazine groups is 1. The van der Waals surface area contributed by atoms with E-state index in [-0.39, 0.29) is 31.9 Å². The van der Waals surface area contributed by atoms with Crippen LogP contribution in [0.25, 0.3) is 0 Å². The van der Waals surface area contributed by atoms with Gasteiger partial charge in [0.1, 0.15) is 0 Å². The highest BCUT2D eigenvalue weighted by atomic mass is 16.6. The van der Waals surface area contributed by atoms with Crippen LogP contribution in [0, 0.1) is 0 Å². The third-order valence-electron chi connectivity index (χ3n) is 3.63. The minimum atomic E-state index is -0.563. The minimum Gasteiger partial charge on any atom is -0.448 e. The van der Waals surface area contributed by atoms with Gasteiger partial charge < -0.3 is 14.2 Å². The predicted octanol–water partition coefficient (Wildman–Crippen LogP) is 2.10. The highest BCUT2D eigenvalue weighted by Gasteiger charge is 2.41. The van der Waals surface area contributed by atoms with Crippen LogP contribution in [0.15, 0.2) is 24.3 Å². The molecule has 0 aromatic carbocycles. The Labute approximate surface area is 130 Å². The monoisotopic (exact) mass is 310 g/mol. The fraction of sp³-hybridized carbons (Fsp3) is 0.600. The number of rotatable bonds is 3. The Morgan fingerprint density at radius 2 is 2.05 bits per heavy atom. The summed E-state index contributed by atoms with van der Waals surface area (Å²) in [7, 11) is 0. The fourth-order valence-corrected chi connectivity index (χ4v) is 2.59. The Balaban J connectivity index is 2.27. The summed E-state index contributed by atoms with van der Waals surface area (Å²) in [6.07, 6.45) is 2.84. The molecule has 0 aliphatic carbocycles. The highest BCUT2D eigenvalue weighted by Crippen LogP contribution is 2.30. The van der Waals surface area contributed by atoms with Crippen LogP contribution in [0.4, 0.5) is 9.59 Å². The number of amides is 2. The SMILES string of the molecule is C=CC1CC2C(=CCN(C(=O)OCC)N2C(=O)OCC)CO1. The summed E-state index contributed by atoms with van der Waals surface area (Å²) >= 11 is 0. The van der Waals surface area contributed by atoms with E-state index in [9.17, 15) is 9.59 Å². The lowest BCUT2D eigenvalue weighted by molar-refractivity contribution is -0.0632. The first-order valence-corrected chi connectivity index (χ1v) is 7.45. The van der Waals surface area contributed by atoms with Crippen LogP contribution >= 0.6 is 0 Å². The molecule has 2 amide bonds. The molecule has 0 saturated carbocycles. The van der Waals surface area contributed by atoms with Gasteiger partial charge in [-0.2, -0.15) is 0 Å². The molecule has 2 heterocycles. The normalized spacial score (nSPS) is 24.2. The van der Waals surface area contributed by atoms with Crippen LogP contribution in [-0.4, -0.2) is 60.7 Å². The van der Waals surface area contributed by atoms with E-state index in [0.29, 0.717) is 13.0 Å². The van der Waals surface area contributed by atoms with E-state index >= 15 is 0 Å². The van der Waals surface area contributed by atoms with Gasteiger partial charge in [-0.1, -0.05) is 12.2 Å². The molecule has 0 aromatic rings. The van der Waals surface area contributed by atoms with E-state index in [4.69, 9.17) is 14.2 Å². The van der Waals surface area contributed by atoms with Crippen LogP contribution in [0.2, 0.25) is 0 Å². The van der Waals surface area contributed by atoms with Gasteiger partial charge in [0.05, 0.1) is 38.5 Å². The molecule has 0 bridgehead atoms. The molecule has 7 nitrogen and oxygen atoms in total. The summed E-state index contributed by atoms with van der Waals surface area (Å²) < 4.78 is 15.8. The van der Waals surface area contributed by atoms with Crippen molar-refractivity contribution in [2.24, 2.45) is 0 Å². The smallest absolute Gasteiger partial charge is 0.429 e. The van der Waals surface area contributed by atoms with Crippen molar-refractivity contribution in [1.82, 2.24) is 10.0 Å².